The van der Waals surface area contributed by atoms with E-state index in [1.54, 1.807) is 60.9 Å². The summed E-state index contributed by atoms with van der Waals surface area (Å²) >= 11 is 0. The predicted octanol–water partition coefficient (Wildman–Crippen LogP) is 4.24. The third-order valence-electron chi connectivity index (χ3n) is 3.94. The molecule has 4 nitrogen and oxygen atoms in total. The number of rotatable bonds is 5. The molecule has 0 fully saturated rings. The normalized spacial score (nSPS) is 10.7. The molecular weight excluding hydrogens is 356 g/mol. The third-order valence-corrected chi connectivity index (χ3v) is 5.73. The van der Waals surface area contributed by atoms with E-state index < -0.39 is 10.0 Å². The lowest BCUT2D eigenvalue weighted by Gasteiger charge is -2.24. The van der Waals surface area contributed by atoms with Gasteiger partial charge in [0.15, 0.2) is 0 Å². The molecule has 0 unspecified atom stereocenters. The Balaban J connectivity index is 2.02. The smallest absolute Gasteiger partial charge is 0.264 e. The van der Waals surface area contributed by atoms with Crippen molar-refractivity contribution in [2.75, 3.05) is 4.31 Å². The summed E-state index contributed by atoms with van der Waals surface area (Å²) in [5.74, 6) is 6.07. The summed E-state index contributed by atoms with van der Waals surface area (Å²) in [6, 6.07) is 19.4. The average Bonchev–Trinajstić information content (AvgIpc) is 2.72. The summed E-state index contributed by atoms with van der Waals surface area (Å²) in [6.45, 7) is 2.19. The van der Waals surface area contributed by atoms with E-state index >= 15 is 0 Å². The highest BCUT2D eigenvalue weighted by molar-refractivity contribution is 7.92. The fourth-order valence-corrected chi connectivity index (χ4v) is 4.07. The first kappa shape index (κ1) is 18.7. The van der Waals surface area contributed by atoms with Crippen LogP contribution in [0.25, 0.3) is 0 Å². The summed E-state index contributed by atoms with van der Waals surface area (Å²) in [7, 11) is -3.71. The quantitative estimate of drug-likeness (QED) is 0.626. The number of benzene rings is 2. The van der Waals surface area contributed by atoms with Gasteiger partial charge in [-0.05, 0) is 48.0 Å². The van der Waals surface area contributed by atoms with E-state index in [2.05, 4.69) is 16.8 Å². The topological polar surface area (TPSA) is 50.3 Å². The molecule has 3 aromatic rings. The van der Waals surface area contributed by atoms with Crippen molar-refractivity contribution < 1.29 is 8.42 Å². The van der Waals surface area contributed by atoms with Crippen LogP contribution in [-0.2, 0) is 16.6 Å². The fourth-order valence-electron chi connectivity index (χ4n) is 2.59. The van der Waals surface area contributed by atoms with Crippen LogP contribution in [0.4, 0.5) is 5.69 Å². The molecule has 1 heterocycles. The second-order valence-electron chi connectivity index (χ2n) is 5.89. The zero-order chi connectivity index (χ0) is 19.1. The Bertz CT molecular complexity index is 1040. The maximum absolute atomic E-state index is 13.3. The average molecular weight is 376 g/mol. The molecule has 2 aromatic carbocycles. The van der Waals surface area contributed by atoms with Gasteiger partial charge in [-0.3, -0.25) is 9.29 Å². The van der Waals surface area contributed by atoms with Gasteiger partial charge in [0.25, 0.3) is 10.0 Å². The van der Waals surface area contributed by atoms with E-state index in [0.717, 1.165) is 17.5 Å². The minimum absolute atomic E-state index is 0.199. The summed E-state index contributed by atoms with van der Waals surface area (Å²) < 4.78 is 27.9. The van der Waals surface area contributed by atoms with Crippen LogP contribution in [0.2, 0.25) is 0 Å². The van der Waals surface area contributed by atoms with Crippen LogP contribution in [0.3, 0.4) is 0 Å². The molecule has 0 spiro atoms. The van der Waals surface area contributed by atoms with Gasteiger partial charge in [0, 0.05) is 24.4 Å². The van der Waals surface area contributed by atoms with Crippen molar-refractivity contribution in [2.24, 2.45) is 0 Å². The van der Waals surface area contributed by atoms with Crippen LogP contribution in [0, 0.1) is 11.8 Å². The molecule has 136 valence electrons. The summed E-state index contributed by atoms with van der Waals surface area (Å²) in [5.41, 5.74) is 2.26. The van der Waals surface area contributed by atoms with E-state index in [0.29, 0.717) is 5.69 Å². The molecule has 0 atom stereocenters. The molecule has 1 aromatic heterocycles. The van der Waals surface area contributed by atoms with Crippen molar-refractivity contribution in [3.63, 3.8) is 0 Å². The standard InChI is InChI=1S/C22H20N2O2S/c1-2-3-8-19-12-14-21(15-13-19)24(18-20-9-7-16-23-17-20)27(25,26)22-10-5-4-6-11-22/h4-7,9-17H,2,18H2,1H3. The molecule has 0 aliphatic rings. The summed E-state index contributed by atoms with van der Waals surface area (Å²) in [6.07, 6.45) is 4.12. The van der Waals surface area contributed by atoms with Gasteiger partial charge in [-0.15, -0.1) is 0 Å². The minimum atomic E-state index is -3.71. The summed E-state index contributed by atoms with van der Waals surface area (Å²) in [4.78, 5) is 4.35. The van der Waals surface area contributed by atoms with Gasteiger partial charge in [-0.25, -0.2) is 8.42 Å². The van der Waals surface area contributed by atoms with E-state index in [1.807, 2.05) is 25.1 Å². The zero-order valence-corrected chi connectivity index (χ0v) is 15.9. The van der Waals surface area contributed by atoms with E-state index in [9.17, 15) is 8.42 Å². The highest BCUT2D eigenvalue weighted by Gasteiger charge is 2.25. The predicted molar refractivity (Wildman–Crippen MR) is 108 cm³/mol. The van der Waals surface area contributed by atoms with Gasteiger partial charge in [0.1, 0.15) is 0 Å². The Hall–Kier alpha value is -3.10. The summed E-state index contributed by atoms with van der Waals surface area (Å²) in [5, 5.41) is 0. The van der Waals surface area contributed by atoms with Gasteiger partial charge >= 0.3 is 0 Å². The lowest BCUT2D eigenvalue weighted by Crippen LogP contribution is -2.30. The lowest BCUT2D eigenvalue weighted by molar-refractivity contribution is 0.590. The highest BCUT2D eigenvalue weighted by Crippen LogP contribution is 2.26. The number of hydrogen-bond acceptors (Lipinski definition) is 3. The van der Waals surface area contributed by atoms with Crippen LogP contribution < -0.4 is 4.31 Å². The second-order valence-corrected chi connectivity index (χ2v) is 7.75. The Labute approximate surface area is 160 Å². The molecule has 0 amide bonds. The van der Waals surface area contributed by atoms with Crippen molar-refractivity contribution in [1.29, 1.82) is 0 Å². The van der Waals surface area contributed by atoms with Gasteiger partial charge < -0.3 is 0 Å². The highest BCUT2D eigenvalue weighted by atomic mass is 32.2. The molecular formula is C22H20N2O2S. The number of pyridine rings is 1. The van der Waals surface area contributed by atoms with E-state index in [1.165, 1.54) is 4.31 Å². The van der Waals surface area contributed by atoms with Crippen LogP contribution in [0.5, 0.6) is 0 Å². The van der Waals surface area contributed by atoms with Crippen LogP contribution >= 0.6 is 0 Å². The van der Waals surface area contributed by atoms with Gasteiger partial charge in [-0.1, -0.05) is 43.0 Å². The molecule has 27 heavy (non-hydrogen) atoms. The molecule has 0 bridgehead atoms. The molecule has 5 heteroatoms. The number of anilines is 1. The largest absolute Gasteiger partial charge is 0.264 e. The van der Waals surface area contributed by atoms with Crippen LogP contribution in [-0.4, -0.2) is 13.4 Å². The first-order valence-electron chi connectivity index (χ1n) is 8.67. The molecule has 3 rings (SSSR count). The second kappa shape index (κ2) is 8.52. The van der Waals surface area contributed by atoms with Crippen molar-refractivity contribution in [1.82, 2.24) is 4.98 Å². The Morgan fingerprint density at radius 1 is 0.963 bits per heavy atom. The monoisotopic (exact) mass is 376 g/mol. The molecule has 0 aliphatic carbocycles. The first-order valence-corrected chi connectivity index (χ1v) is 10.1. The Morgan fingerprint density at radius 2 is 1.70 bits per heavy atom. The van der Waals surface area contributed by atoms with Crippen molar-refractivity contribution in [2.45, 2.75) is 24.8 Å². The molecule has 0 aliphatic heterocycles. The van der Waals surface area contributed by atoms with Gasteiger partial charge in [0.2, 0.25) is 0 Å². The maximum Gasteiger partial charge on any atom is 0.264 e. The molecule has 0 radical (unpaired) electrons. The van der Waals surface area contributed by atoms with Gasteiger partial charge in [-0.2, -0.15) is 0 Å². The SMILES string of the molecule is CCC#Cc1ccc(N(Cc2cccnc2)S(=O)(=O)c2ccccc2)cc1. The Kier molecular flexibility index (Phi) is 5.90. The van der Waals surface area contributed by atoms with Crippen molar-refractivity contribution in [3.05, 3.63) is 90.3 Å². The lowest BCUT2D eigenvalue weighted by atomic mass is 10.2. The molecule has 0 saturated heterocycles. The molecule has 0 N–H and O–H groups in total. The third kappa shape index (κ3) is 4.55. The number of nitrogens with zero attached hydrogens (tertiary/aromatic N) is 2. The van der Waals surface area contributed by atoms with Crippen molar-refractivity contribution >= 4 is 15.7 Å². The maximum atomic E-state index is 13.3. The number of hydrogen-bond donors (Lipinski definition) is 0. The van der Waals surface area contributed by atoms with E-state index in [4.69, 9.17) is 0 Å². The number of aromatic nitrogens is 1. The minimum Gasteiger partial charge on any atom is -0.264 e. The fraction of sp³-hybridized carbons (Fsp3) is 0.136. The number of sulfonamides is 1. The van der Waals surface area contributed by atoms with Crippen molar-refractivity contribution in [3.8, 4) is 11.8 Å². The zero-order valence-electron chi connectivity index (χ0n) is 15.0. The van der Waals surface area contributed by atoms with E-state index in [-0.39, 0.29) is 11.4 Å². The first-order chi connectivity index (χ1) is 13.1. The van der Waals surface area contributed by atoms with Crippen LogP contribution in [0.15, 0.2) is 84.0 Å². The molecule has 0 saturated carbocycles. The van der Waals surface area contributed by atoms with Gasteiger partial charge in [0.05, 0.1) is 17.1 Å². The van der Waals surface area contributed by atoms with Crippen LogP contribution in [0.1, 0.15) is 24.5 Å². The Morgan fingerprint density at radius 3 is 2.33 bits per heavy atom.